The van der Waals surface area contributed by atoms with Crippen molar-refractivity contribution in [2.75, 3.05) is 0 Å². The van der Waals surface area contributed by atoms with Crippen LogP contribution in [0.15, 0.2) is 16.0 Å². The van der Waals surface area contributed by atoms with Gasteiger partial charge in [-0.2, -0.15) is 0 Å². The van der Waals surface area contributed by atoms with E-state index in [0.717, 1.165) is 5.76 Å². The molecule has 48 valence electrons. The monoisotopic (exact) mass is 124 g/mol. The van der Waals surface area contributed by atoms with Gasteiger partial charge in [-0.3, -0.25) is 0 Å². The Hall–Kier alpha value is -1.08. The number of rotatable bonds is 1. The first-order valence-corrected chi connectivity index (χ1v) is 2.82. The van der Waals surface area contributed by atoms with Crippen LogP contribution < -0.4 is 0 Å². The Kier molecular flexibility index (Phi) is 1.66. The first kappa shape index (κ1) is 6.05. The van der Waals surface area contributed by atoms with Crippen LogP contribution in [0.25, 0.3) is 0 Å². The van der Waals surface area contributed by atoms with Gasteiger partial charge in [-0.25, -0.2) is 0 Å². The Bertz CT molecular complexity index is 187. The second kappa shape index (κ2) is 2.46. The van der Waals surface area contributed by atoms with Crippen molar-refractivity contribution in [3.8, 4) is 0 Å². The van der Waals surface area contributed by atoms with Crippen LogP contribution in [0.5, 0.6) is 0 Å². The smallest absolute Gasteiger partial charge is 0.203 e. The molecule has 0 amide bonds. The predicted molar refractivity (Wildman–Crippen MR) is 35.4 cm³/mol. The highest BCUT2D eigenvalue weighted by molar-refractivity contribution is 5.64. The fourth-order valence-electron chi connectivity index (χ4n) is 0.474. The Morgan fingerprint density at radius 1 is 1.67 bits per heavy atom. The highest BCUT2D eigenvalue weighted by atomic mass is 16.5. The molecule has 0 radical (unpaired) electrons. The molecule has 0 aromatic rings. The first-order chi connectivity index (χ1) is 4.30. The molecule has 0 spiro atoms. The van der Waals surface area contributed by atoms with Crippen molar-refractivity contribution in [1.82, 2.24) is 0 Å². The van der Waals surface area contributed by atoms with Crippen LogP contribution in [-0.2, 0) is 4.74 Å². The molecule has 0 saturated heterocycles. The first-order valence-electron chi connectivity index (χ1n) is 2.82. The van der Waals surface area contributed by atoms with Crippen molar-refractivity contribution < 1.29 is 4.74 Å². The lowest BCUT2D eigenvalue weighted by molar-refractivity contribution is 0.377. The van der Waals surface area contributed by atoms with Crippen LogP contribution in [0.2, 0.25) is 0 Å². The molecule has 3 heteroatoms. The SMILES string of the molecule is CC(C)C1=C=NN=CO1. The van der Waals surface area contributed by atoms with Gasteiger partial charge in [0.1, 0.15) is 0 Å². The molecule has 0 aliphatic carbocycles. The molecular formula is C6H8N2O. The normalized spacial score (nSPS) is 15.7. The van der Waals surface area contributed by atoms with E-state index in [-0.39, 0.29) is 0 Å². The van der Waals surface area contributed by atoms with Crippen LogP contribution in [-0.4, -0.2) is 12.3 Å². The highest BCUT2D eigenvalue weighted by Gasteiger charge is 2.03. The van der Waals surface area contributed by atoms with Gasteiger partial charge in [-0.15, -0.1) is 5.10 Å². The van der Waals surface area contributed by atoms with Gasteiger partial charge in [0.25, 0.3) is 0 Å². The minimum Gasteiger partial charge on any atom is -0.438 e. The molecule has 0 unspecified atom stereocenters. The molecule has 0 bridgehead atoms. The van der Waals surface area contributed by atoms with Crippen LogP contribution in [0, 0.1) is 5.92 Å². The van der Waals surface area contributed by atoms with Crippen LogP contribution in [0.3, 0.4) is 0 Å². The summed E-state index contributed by atoms with van der Waals surface area (Å²) in [4.78, 5) is 0. The van der Waals surface area contributed by atoms with E-state index in [0.29, 0.717) is 5.92 Å². The van der Waals surface area contributed by atoms with Crippen molar-refractivity contribution in [2.45, 2.75) is 13.8 Å². The Morgan fingerprint density at radius 3 is 2.78 bits per heavy atom. The summed E-state index contributed by atoms with van der Waals surface area (Å²) in [6.07, 6.45) is 1.31. The zero-order chi connectivity index (χ0) is 6.69. The highest BCUT2D eigenvalue weighted by Crippen LogP contribution is 2.06. The third kappa shape index (κ3) is 1.40. The van der Waals surface area contributed by atoms with Gasteiger partial charge in [0.05, 0.1) is 5.87 Å². The Balaban J connectivity index is 2.73. The second-order valence-electron chi connectivity index (χ2n) is 2.07. The number of ether oxygens (including phenoxy) is 1. The molecule has 0 aromatic carbocycles. The lowest BCUT2D eigenvalue weighted by Crippen LogP contribution is -2.01. The van der Waals surface area contributed by atoms with Gasteiger partial charge >= 0.3 is 0 Å². The summed E-state index contributed by atoms with van der Waals surface area (Å²) in [5.74, 6) is 3.71. The average Bonchev–Trinajstić information content (AvgIpc) is 1.90. The van der Waals surface area contributed by atoms with Crippen molar-refractivity contribution in [3.63, 3.8) is 0 Å². The summed E-state index contributed by atoms with van der Waals surface area (Å²) in [6.45, 7) is 4.02. The van der Waals surface area contributed by atoms with Gasteiger partial charge in [0.15, 0.2) is 5.76 Å². The van der Waals surface area contributed by atoms with E-state index in [1.54, 1.807) is 0 Å². The van der Waals surface area contributed by atoms with Gasteiger partial charge in [-0.05, 0) is 0 Å². The molecule has 1 rings (SSSR count). The van der Waals surface area contributed by atoms with Gasteiger partial charge in [0, 0.05) is 5.92 Å². The Labute approximate surface area is 53.7 Å². The molecule has 9 heavy (non-hydrogen) atoms. The lowest BCUT2D eigenvalue weighted by Gasteiger charge is -2.05. The van der Waals surface area contributed by atoms with Crippen molar-refractivity contribution in [1.29, 1.82) is 0 Å². The summed E-state index contributed by atoms with van der Waals surface area (Å²) < 4.78 is 4.96. The van der Waals surface area contributed by atoms with E-state index in [4.69, 9.17) is 4.74 Å². The minimum atomic E-state index is 0.334. The number of hydrogen-bond acceptors (Lipinski definition) is 3. The van der Waals surface area contributed by atoms with Crippen molar-refractivity contribution in [3.05, 3.63) is 5.76 Å². The Morgan fingerprint density at radius 2 is 2.44 bits per heavy atom. The predicted octanol–water partition coefficient (Wildman–Crippen LogP) is 1.17. The summed E-state index contributed by atoms with van der Waals surface area (Å²) in [5.41, 5.74) is 0. The maximum Gasteiger partial charge on any atom is 0.203 e. The molecule has 0 aromatic heterocycles. The van der Waals surface area contributed by atoms with E-state index in [2.05, 4.69) is 16.1 Å². The summed E-state index contributed by atoms with van der Waals surface area (Å²) in [7, 11) is 0. The molecule has 0 N–H and O–H groups in total. The van der Waals surface area contributed by atoms with E-state index in [1.165, 1.54) is 6.40 Å². The maximum absolute atomic E-state index is 4.96. The van der Waals surface area contributed by atoms with E-state index < -0.39 is 0 Å². The van der Waals surface area contributed by atoms with Gasteiger partial charge in [0.2, 0.25) is 6.40 Å². The zero-order valence-electron chi connectivity index (χ0n) is 5.46. The van der Waals surface area contributed by atoms with E-state index in [1.807, 2.05) is 13.8 Å². The molecule has 0 fully saturated rings. The number of allylic oxidation sites excluding steroid dienone is 1. The molecular weight excluding hydrogens is 116 g/mol. The largest absolute Gasteiger partial charge is 0.438 e. The summed E-state index contributed by atoms with van der Waals surface area (Å²) in [5, 5.41) is 6.99. The van der Waals surface area contributed by atoms with Crippen molar-refractivity contribution >= 4 is 12.3 Å². The molecule has 1 aliphatic rings. The average molecular weight is 124 g/mol. The van der Waals surface area contributed by atoms with Crippen LogP contribution in [0.1, 0.15) is 13.8 Å². The molecule has 3 nitrogen and oxygen atoms in total. The molecule has 0 saturated carbocycles. The number of nitrogens with zero attached hydrogens (tertiary/aromatic N) is 2. The maximum atomic E-state index is 4.96. The lowest BCUT2D eigenvalue weighted by atomic mass is 10.2. The quantitative estimate of drug-likeness (QED) is 0.516. The van der Waals surface area contributed by atoms with Gasteiger partial charge in [-0.1, -0.05) is 18.9 Å². The molecule has 1 aliphatic heterocycles. The van der Waals surface area contributed by atoms with E-state index in [9.17, 15) is 0 Å². The third-order valence-electron chi connectivity index (χ3n) is 0.969. The molecule has 1 heterocycles. The fraction of sp³-hybridized carbons (Fsp3) is 0.500. The second-order valence-corrected chi connectivity index (χ2v) is 2.07. The third-order valence-corrected chi connectivity index (χ3v) is 0.969. The standard InChI is InChI=1S/C6H8N2O/c1-5(2)6-3-7-8-4-9-6/h4-5H,1-2H3. The van der Waals surface area contributed by atoms with Crippen molar-refractivity contribution in [2.24, 2.45) is 16.1 Å². The van der Waals surface area contributed by atoms with Crippen LogP contribution in [0.4, 0.5) is 0 Å². The van der Waals surface area contributed by atoms with E-state index >= 15 is 0 Å². The van der Waals surface area contributed by atoms with Gasteiger partial charge < -0.3 is 4.74 Å². The summed E-state index contributed by atoms with van der Waals surface area (Å²) in [6, 6.07) is 0. The minimum absolute atomic E-state index is 0.334. The zero-order valence-corrected chi connectivity index (χ0v) is 5.46. The summed E-state index contributed by atoms with van der Waals surface area (Å²) >= 11 is 0. The molecule has 0 atom stereocenters. The topological polar surface area (TPSA) is 34.0 Å². The fourth-order valence-corrected chi connectivity index (χ4v) is 0.474. The van der Waals surface area contributed by atoms with Crippen LogP contribution >= 0.6 is 0 Å². The number of hydrogen-bond donors (Lipinski definition) is 0.